The second-order valence-corrected chi connectivity index (χ2v) is 15.7. The number of likely N-dealkylation sites (tertiary alicyclic amines) is 1. The van der Waals surface area contributed by atoms with Crippen molar-refractivity contribution in [3.8, 4) is 11.1 Å². The molecule has 48 heavy (non-hydrogen) atoms. The largest absolute Gasteiger partial charge is 0.444 e. The van der Waals surface area contributed by atoms with E-state index >= 15 is 4.39 Å². The summed E-state index contributed by atoms with van der Waals surface area (Å²) in [6.45, 7) is 12.8. The highest BCUT2D eigenvalue weighted by atomic mass is 19.1. The minimum atomic E-state index is -1.36. The van der Waals surface area contributed by atoms with Gasteiger partial charge in [0.25, 0.3) is 11.5 Å². The summed E-state index contributed by atoms with van der Waals surface area (Å²) >= 11 is 0. The van der Waals surface area contributed by atoms with Crippen LogP contribution in [0, 0.1) is 23.1 Å². The van der Waals surface area contributed by atoms with E-state index in [0.29, 0.717) is 19.0 Å². The van der Waals surface area contributed by atoms with Crippen molar-refractivity contribution in [1.82, 2.24) is 19.3 Å². The van der Waals surface area contributed by atoms with Gasteiger partial charge in [0.05, 0.1) is 17.7 Å². The van der Waals surface area contributed by atoms with Gasteiger partial charge in [-0.15, -0.1) is 0 Å². The normalized spacial score (nSPS) is 22.2. The number of carbonyl (C=O) groups is 3. The van der Waals surface area contributed by atoms with Crippen molar-refractivity contribution >= 4 is 17.9 Å². The maximum absolute atomic E-state index is 15.1. The van der Waals surface area contributed by atoms with Crippen LogP contribution >= 0.6 is 0 Å². The van der Waals surface area contributed by atoms with E-state index in [1.54, 1.807) is 42.7 Å². The summed E-state index contributed by atoms with van der Waals surface area (Å²) in [5, 5.41) is 12.1. The number of pyridine rings is 1. The van der Waals surface area contributed by atoms with Crippen LogP contribution in [0.3, 0.4) is 0 Å². The van der Waals surface area contributed by atoms with Gasteiger partial charge in [0.2, 0.25) is 5.91 Å². The number of nitrogens with zero attached hydrogens (tertiary/aromatic N) is 4. The average molecular weight is 667 g/mol. The molecule has 1 saturated carbocycles. The summed E-state index contributed by atoms with van der Waals surface area (Å²) in [5.41, 5.74) is -2.82. The Morgan fingerprint density at radius 2 is 1.65 bits per heavy atom. The van der Waals surface area contributed by atoms with Crippen molar-refractivity contribution in [1.29, 1.82) is 0 Å². The van der Waals surface area contributed by atoms with E-state index in [-0.39, 0.29) is 67.7 Å². The van der Waals surface area contributed by atoms with Crippen molar-refractivity contribution in [3.05, 3.63) is 58.3 Å². The third-order valence-corrected chi connectivity index (χ3v) is 10.5. The first-order valence-corrected chi connectivity index (χ1v) is 17.3. The van der Waals surface area contributed by atoms with E-state index in [9.17, 15) is 24.3 Å². The highest BCUT2D eigenvalue weighted by molar-refractivity contribution is 6.00. The fraction of sp³-hybridized carbons (Fsp3) is 0.622. The maximum atomic E-state index is 15.1. The quantitative estimate of drug-likeness (QED) is 0.437. The Morgan fingerprint density at radius 3 is 2.23 bits per heavy atom. The summed E-state index contributed by atoms with van der Waals surface area (Å²) in [5.74, 6) is -0.336. The first kappa shape index (κ1) is 35.6. The van der Waals surface area contributed by atoms with Gasteiger partial charge >= 0.3 is 6.09 Å². The summed E-state index contributed by atoms with van der Waals surface area (Å²) in [6.07, 6.45) is 5.72. The zero-order valence-corrected chi connectivity index (χ0v) is 29.3. The monoisotopic (exact) mass is 666 g/mol. The van der Waals surface area contributed by atoms with Gasteiger partial charge < -0.3 is 29.1 Å². The lowest BCUT2D eigenvalue weighted by atomic mass is 9.69. The molecule has 5 rings (SSSR count). The first-order valence-electron chi connectivity index (χ1n) is 17.3. The first-order chi connectivity index (χ1) is 22.5. The van der Waals surface area contributed by atoms with Crippen LogP contribution in [0.1, 0.15) is 84.0 Å². The van der Waals surface area contributed by atoms with E-state index in [2.05, 4.69) is 0 Å². The number of hydrogen-bond acceptors (Lipinski definition) is 6. The van der Waals surface area contributed by atoms with Gasteiger partial charge in [-0.25, -0.2) is 9.18 Å². The van der Waals surface area contributed by atoms with E-state index in [1.807, 2.05) is 25.7 Å². The molecule has 1 aromatic heterocycles. The molecule has 2 aliphatic heterocycles. The molecule has 0 radical (unpaired) electrons. The second kappa shape index (κ2) is 13.6. The summed E-state index contributed by atoms with van der Waals surface area (Å²) < 4.78 is 21.9. The van der Waals surface area contributed by atoms with E-state index in [4.69, 9.17) is 4.74 Å². The molecule has 2 saturated heterocycles. The number of aliphatic hydroxyl groups is 1. The van der Waals surface area contributed by atoms with Gasteiger partial charge in [0.1, 0.15) is 11.4 Å². The molecular weight excluding hydrogens is 615 g/mol. The lowest BCUT2D eigenvalue weighted by molar-refractivity contribution is -0.157. The maximum Gasteiger partial charge on any atom is 0.410 e. The van der Waals surface area contributed by atoms with E-state index in [0.717, 1.165) is 6.42 Å². The number of piperazine rings is 1. The Morgan fingerprint density at radius 1 is 1.00 bits per heavy atom. The Balaban J connectivity index is 1.38. The fourth-order valence-corrected chi connectivity index (χ4v) is 7.12. The van der Waals surface area contributed by atoms with Crippen LogP contribution in [-0.4, -0.2) is 92.8 Å². The number of carbonyl (C=O) groups excluding carboxylic acids is 3. The summed E-state index contributed by atoms with van der Waals surface area (Å²) in [4.78, 5) is 58.7. The smallest absolute Gasteiger partial charge is 0.410 e. The van der Waals surface area contributed by atoms with Crippen molar-refractivity contribution in [2.75, 3.05) is 39.3 Å². The molecule has 2 atom stereocenters. The van der Waals surface area contributed by atoms with Crippen LogP contribution in [0.25, 0.3) is 11.1 Å². The van der Waals surface area contributed by atoms with Gasteiger partial charge in [-0.05, 0) is 45.6 Å². The van der Waals surface area contributed by atoms with E-state index in [1.165, 1.54) is 48.2 Å². The van der Waals surface area contributed by atoms with Crippen LogP contribution < -0.4 is 5.56 Å². The standard InChI is InChI=1S/C37H51FN4O6/c1-25(20-26-10-9-11-26)32(44)41-15-14-37(47,36(5,6)23-41)24-42-22-29(28(21-31(42)43)27-12-7-8-13-30(27)38)33(45)39-16-18-40(19-17-39)34(46)48-35(2,3)4/h7-8,12-13,21-22,25-26,47H,9-11,14-20,23-24H2,1-6H3/t25-,37-/m1/s1. The number of halogens is 1. The molecule has 0 bridgehead atoms. The molecule has 3 aliphatic rings. The predicted octanol–water partition coefficient (Wildman–Crippen LogP) is 5.16. The number of hydrogen-bond donors (Lipinski definition) is 1. The molecule has 3 heterocycles. The average Bonchev–Trinajstić information content (AvgIpc) is 3.00. The van der Waals surface area contributed by atoms with Gasteiger partial charge in [-0.2, -0.15) is 0 Å². The minimum Gasteiger partial charge on any atom is -0.444 e. The Bertz CT molecular complexity index is 1590. The molecule has 0 spiro atoms. The number of piperidine rings is 1. The van der Waals surface area contributed by atoms with E-state index < -0.39 is 40.0 Å². The topological polar surface area (TPSA) is 112 Å². The molecule has 2 aromatic rings. The number of rotatable bonds is 7. The third-order valence-electron chi connectivity index (χ3n) is 10.5. The molecule has 1 N–H and O–H groups in total. The number of aromatic nitrogens is 1. The Labute approximate surface area is 282 Å². The number of ether oxygens (including phenoxy) is 1. The van der Waals surface area contributed by atoms with Gasteiger partial charge in [0.15, 0.2) is 0 Å². The second-order valence-electron chi connectivity index (χ2n) is 15.7. The molecule has 1 aromatic carbocycles. The number of benzene rings is 1. The van der Waals surface area contributed by atoms with Crippen LogP contribution in [0.2, 0.25) is 0 Å². The van der Waals surface area contributed by atoms with Crippen molar-refractivity contribution in [3.63, 3.8) is 0 Å². The molecule has 3 fully saturated rings. The van der Waals surface area contributed by atoms with Gasteiger partial charge in [-0.3, -0.25) is 14.4 Å². The number of amides is 3. The minimum absolute atomic E-state index is 0.0783. The highest BCUT2D eigenvalue weighted by Gasteiger charge is 2.49. The summed E-state index contributed by atoms with van der Waals surface area (Å²) in [7, 11) is 0. The van der Waals surface area contributed by atoms with Crippen molar-refractivity contribution in [2.24, 2.45) is 17.3 Å². The lowest BCUT2D eigenvalue weighted by Crippen LogP contribution is -2.61. The zero-order valence-electron chi connectivity index (χ0n) is 29.3. The SMILES string of the molecule is C[C@H](CC1CCC1)C(=O)N1CC[C@@](O)(Cn2cc(C(=O)N3CCN(C(=O)OC(C)(C)C)CC3)c(-c3ccccc3F)cc2=O)C(C)(C)C1. The lowest BCUT2D eigenvalue weighted by Gasteiger charge is -2.51. The molecule has 1 aliphatic carbocycles. The van der Waals surface area contributed by atoms with Crippen molar-refractivity contribution in [2.45, 2.75) is 91.4 Å². The van der Waals surface area contributed by atoms with Crippen LogP contribution in [0.4, 0.5) is 9.18 Å². The fourth-order valence-electron chi connectivity index (χ4n) is 7.12. The Kier molecular flexibility index (Phi) is 10.1. The van der Waals surface area contributed by atoms with Crippen LogP contribution in [0.5, 0.6) is 0 Å². The van der Waals surface area contributed by atoms with Gasteiger partial charge in [-0.1, -0.05) is 58.2 Å². The highest BCUT2D eigenvalue weighted by Crippen LogP contribution is 2.41. The molecule has 262 valence electrons. The molecule has 11 heteroatoms. The van der Waals surface area contributed by atoms with Crippen LogP contribution in [-0.2, 0) is 16.1 Å². The molecule has 10 nitrogen and oxygen atoms in total. The summed E-state index contributed by atoms with van der Waals surface area (Å²) in [6, 6.07) is 7.26. The van der Waals surface area contributed by atoms with Crippen LogP contribution in [0.15, 0.2) is 41.3 Å². The molecule has 3 amide bonds. The molecular formula is C37H51FN4O6. The molecule has 0 unspecified atom stereocenters. The van der Waals surface area contributed by atoms with Gasteiger partial charge in [0, 0.05) is 74.0 Å². The predicted molar refractivity (Wildman–Crippen MR) is 181 cm³/mol. The Hall–Kier alpha value is -3.73. The van der Waals surface area contributed by atoms with Crippen molar-refractivity contribution < 1.29 is 28.6 Å². The third kappa shape index (κ3) is 7.61. The zero-order chi connectivity index (χ0) is 35.0.